The van der Waals surface area contributed by atoms with Gasteiger partial charge in [0, 0.05) is 24.3 Å². The highest BCUT2D eigenvalue weighted by Crippen LogP contribution is 2.24. The molecule has 16 heavy (non-hydrogen) atoms. The number of halogens is 1. The lowest BCUT2D eigenvalue weighted by molar-refractivity contribution is 0.537. The fraction of sp³-hybridized carbons (Fsp3) is 0.333. The summed E-state index contributed by atoms with van der Waals surface area (Å²) in [5, 5.41) is 4.19. The number of nitrogens with zero attached hydrogens (tertiary/aromatic N) is 3. The van der Waals surface area contributed by atoms with Gasteiger partial charge in [0.2, 0.25) is 0 Å². The maximum absolute atomic E-state index is 8.05. The van der Waals surface area contributed by atoms with Gasteiger partial charge in [-0.2, -0.15) is 5.10 Å². The highest BCUT2D eigenvalue weighted by Gasteiger charge is 2.12. The molecule has 84 valence electrons. The van der Waals surface area contributed by atoms with Crippen molar-refractivity contribution < 1.29 is 1.37 Å². The van der Waals surface area contributed by atoms with Crippen molar-refractivity contribution in [1.29, 1.82) is 0 Å². The standard InChI is InChI=1S/C12H14ClN3/c1-9(2)16-11(5-7-15-16)12-10(8-13)4-3-6-14-12/h3-7,9H,8H2,1-2H3/i9D. The summed E-state index contributed by atoms with van der Waals surface area (Å²) in [5.74, 6) is 0.396. The summed E-state index contributed by atoms with van der Waals surface area (Å²) in [6.07, 6.45) is 3.40. The van der Waals surface area contributed by atoms with Crippen molar-refractivity contribution in [1.82, 2.24) is 14.8 Å². The van der Waals surface area contributed by atoms with E-state index in [0.29, 0.717) is 5.88 Å². The van der Waals surface area contributed by atoms with Crippen LogP contribution >= 0.6 is 11.6 Å². The number of aromatic nitrogens is 3. The molecule has 0 aliphatic rings. The van der Waals surface area contributed by atoms with E-state index in [4.69, 9.17) is 13.0 Å². The molecule has 0 radical (unpaired) electrons. The third-order valence-corrected chi connectivity index (χ3v) is 2.63. The molecule has 0 atom stereocenters. The number of alkyl halides is 1. The van der Waals surface area contributed by atoms with Crippen LogP contribution in [0.15, 0.2) is 30.6 Å². The first-order valence-electron chi connectivity index (χ1n) is 5.59. The van der Waals surface area contributed by atoms with E-state index >= 15 is 0 Å². The van der Waals surface area contributed by atoms with Crippen LogP contribution in [0.25, 0.3) is 11.4 Å². The van der Waals surface area contributed by atoms with Crippen molar-refractivity contribution in [2.75, 3.05) is 0 Å². The van der Waals surface area contributed by atoms with Gasteiger partial charge in [-0.15, -0.1) is 11.6 Å². The maximum atomic E-state index is 8.05. The van der Waals surface area contributed by atoms with Gasteiger partial charge in [-0.1, -0.05) is 6.07 Å². The molecule has 4 heteroatoms. The Morgan fingerprint density at radius 3 is 2.94 bits per heavy atom. The van der Waals surface area contributed by atoms with Crippen LogP contribution in [0, 0.1) is 0 Å². The topological polar surface area (TPSA) is 30.7 Å². The van der Waals surface area contributed by atoms with Crippen LogP contribution in [0.2, 0.25) is 0 Å². The summed E-state index contributed by atoms with van der Waals surface area (Å²) in [6.45, 7) is 3.57. The first-order valence-corrected chi connectivity index (χ1v) is 5.62. The highest BCUT2D eigenvalue weighted by atomic mass is 35.5. The molecule has 0 aliphatic heterocycles. The normalized spacial score (nSPS) is 12.6. The Morgan fingerprint density at radius 2 is 2.25 bits per heavy atom. The Balaban J connectivity index is 2.58. The molecule has 0 spiro atoms. The lowest BCUT2D eigenvalue weighted by Gasteiger charge is -2.12. The van der Waals surface area contributed by atoms with E-state index in [1.54, 1.807) is 30.9 Å². The van der Waals surface area contributed by atoms with Crippen molar-refractivity contribution in [2.24, 2.45) is 0 Å². The highest BCUT2D eigenvalue weighted by molar-refractivity contribution is 6.17. The average molecular weight is 237 g/mol. The zero-order valence-electron chi connectivity index (χ0n) is 10.3. The van der Waals surface area contributed by atoms with Gasteiger partial charge >= 0.3 is 0 Å². The molecule has 0 saturated heterocycles. The van der Waals surface area contributed by atoms with Crippen LogP contribution < -0.4 is 0 Å². The molecular formula is C12H14ClN3. The summed E-state index contributed by atoms with van der Waals surface area (Å²) in [5.41, 5.74) is 2.56. The largest absolute Gasteiger partial charge is 0.261 e. The molecule has 0 unspecified atom stereocenters. The number of hydrogen-bond donors (Lipinski definition) is 0. The van der Waals surface area contributed by atoms with Gasteiger partial charge in [0.05, 0.1) is 12.8 Å². The molecule has 2 aromatic heterocycles. The van der Waals surface area contributed by atoms with Crippen LogP contribution in [0.3, 0.4) is 0 Å². The Hall–Kier alpha value is -1.35. The summed E-state index contributed by atoms with van der Waals surface area (Å²) in [6, 6.07) is 4.83. The first-order chi connectivity index (χ1) is 8.04. The van der Waals surface area contributed by atoms with E-state index in [-0.39, 0.29) is 0 Å². The van der Waals surface area contributed by atoms with Gasteiger partial charge < -0.3 is 0 Å². The third-order valence-electron chi connectivity index (χ3n) is 2.34. The summed E-state index contributed by atoms with van der Waals surface area (Å²) < 4.78 is 9.69. The number of hydrogen-bond acceptors (Lipinski definition) is 2. The van der Waals surface area contributed by atoms with Gasteiger partial charge in [-0.05, 0) is 31.5 Å². The average Bonchev–Trinajstić information content (AvgIpc) is 2.77. The SMILES string of the molecule is [2H]C(C)(C)n1nccc1-c1ncccc1CCl. The second-order valence-electron chi connectivity index (χ2n) is 3.72. The molecule has 0 fully saturated rings. The zero-order chi connectivity index (χ0) is 12.5. The molecule has 0 bridgehead atoms. The predicted octanol–water partition coefficient (Wildman–Crippen LogP) is 3.26. The molecule has 0 aromatic carbocycles. The zero-order valence-corrected chi connectivity index (χ0v) is 10.1. The molecule has 0 N–H and O–H groups in total. The minimum Gasteiger partial charge on any atom is -0.261 e. The fourth-order valence-corrected chi connectivity index (χ4v) is 1.83. The van der Waals surface area contributed by atoms with Crippen LogP contribution in [0.1, 0.15) is 26.8 Å². The first kappa shape index (κ1) is 9.85. The molecule has 0 aliphatic carbocycles. The number of rotatable bonds is 3. The molecule has 2 rings (SSSR count). The minimum atomic E-state index is -0.820. The number of pyridine rings is 1. The Kier molecular flexibility index (Phi) is 2.87. The van der Waals surface area contributed by atoms with Crippen molar-refractivity contribution in [2.45, 2.75) is 25.7 Å². The summed E-state index contributed by atoms with van der Waals surface area (Å²) in [4.78, 5) is 4.34. The second-order valence-corrected chi connectivity index (χ2v) is 3.99. The van der Waals surface area contributed by atoms with Crippen LogP contribution in [-0.2, 0) is 5.88 Å². The van der Waals surface area contributed by atoms with Crippen molar-refractivity contribution >= 4 is 11.6 Å². The van der Waals surface area contributed by atoms with Crippen LogP contribution in [0.5, 0.6) is 0 Å². The van der Waals surface area contributed by atoms with E-state index in [9.17, 15) is 0 Å². The Bertz CT molecular complexity index is 516. The van der Waals surface area contributed by atoms with E-state index in [1.165, 1.54) is 0 Å². The van der Waals surface area contributed by atoms with Gasteiger partial charge in [-0.3, -0.25) is 9.67 Å². The lowest BCUT2D eigenvalue weighted by Crippen LogP contribution is -2.06. The third kappa shape index (κ3) is 1.95. The molecule has 0 saturated carbocycles. The Labute approximate surface area is 101 Å². The maximum Gasteiger partial charge on any atom is 0.0927 e. The monoisotopic (exact) mass is 236 g/mol. The minimum absolute atomic E-state index is 0.396. The smallest absolute Gasteiger partial charge is 0.0927 e. The van der Waals surface area contributed by atoms with Crippen molar-refractivity contribution in [3.05, 3.63) is 36.2 Å². The van der Waals surface area contributed by atoms with Gasteiger partial charge in [-0.25, -0.2) is 0 Å². The molecular weight excluding hydrogens is 222 g/mol. The fourth-order valence-electron chi connectivity index (χ4n) is 1.62. The molecule has 2 heterocycles. The second kappa shape index (κ2) is 4.66. The summed E-state index contributed by atoms with van der Waals surface area (Å²) in [7, 11) is 0. The lowest BCUT2D eigenvalue weighted by atomic mass is 10.1. The summed E-state index contributed by atoms with van der Waals surface area (Å²) >= 11 is 5.90. The van der Waals surface area contributed by atoms with Gasteiger partial charge in [0.25, 0.3) is 0 Å². The van der Waals surface area contributed by atoms with E-state index in [2.05, 4.69) is 10.1 Å². The van der Waals surface area contributed by atoms with Crippen molar-refractivity contribution in [3.8, 4) is 11.4 Å². The van der Waals surface area contributed by atoms with Crippen molar-refractivity contribution in [3.63, 3.8) is 0 Å². The van der Waals surface area contributed by atoms with Gasteiger partial charge in [0.1, 0.15) is 0 Å². The Morgan fingerprint density at radius 1 is 1.44 bits per heavy atom. The van der Waals surface area contributed by atoms with Gasteiger partial charge in [0.15, 0.2) is 0 Å². The van der Waals surface area contributed by atoms with E-state index < -0.39 is 6.02 Å². The van der Waals surface area contributed by atoms with E-state index in [1.807, 2.05) is 18.2 Å². The van der Waals surface area contributed by atoms with E-state index in [0.717, 1.165) is 17.0 Å². The molecule has 2 aromatic rings. The van der Waals surface area contributed by atoms with Crippen LogP contribution in [0.4, 0.5) is 0 Å². The molecule has 0 amide bonds. The predicted molar refractivity (Wildman–Crippen MR) is 65.4 cm³/mol. The molecule has 3 nitrogen and oxygen atoms in total. The van der Waals surface area contributed by atoms with Crippen LogP contribution in [-0.4, -0.2) is 14.8 Å². The quantitative estimate of drug-likeness (QED) is 0.766.